The van der Waals surface area contributed by atoms with Gasteiger partial charge in [-0.2, -0.15) is 5.10 Å². The van der Waals surface area contributed by atoms with Crippen LogP contribution in [-0.2, 0) is 31.1 Å². The van der Waals surface area contributed by atoms with E-state index in [1.54, 1.807) is 17.1 Å². The first-order valence-electron chi connectivity index (χ1n) is 9.19. The van der Waals surface area contributed by atoms with Crippen molar-refractivity contribution in [1.82, 2.24) is 14.8 Å². The number of rotatable bonds is 3. The van der Waals surface area contributed by atoms with Gasteiger partial charge in [0.1, 0.15) is 5.58 Å². The molecule has 4 aromatic rings. The van der Waals surface area contributed by atoms with E-state index in [9.17, 15) is 4.79 Å². The van der Waals surface area contributed by atoms with Gasteiger partial charge in [-0.25, -0.2) is 4.98 Å². The number of anilines is 1. The SMILES string of the molecule is Cc1nn(C)c2ncc(NC(=O)Cc3coc4cc5c(cc34)CCC5)cc12. The van der Waals surface area contributed by atoms with Crippen molar-refractivity contribution in [2.24, 2.45) is 7.05 Å². The molecule has 27 heavy (non-hydrogen) atoms. The number of aromatic nitrogens is 3. The van der Waals surface area contributed by atoms with Crippen molar-refractivity contribution in [3.8, 4) is 0 Å². The van der Waals surface area contributed by atoms with E-state index in [1.165, 1.54) is 17.5 Å². The average Bonchev–Trinajstić information content (AvgIpc) is 3.32. The number of nitrogens with zero attached hydrogens (tertiary/aromatic N) is 3. The Hall–Kier alpha value is -3.15. The summed E-state index contributed by atoms with van der Waals surface area (Å²) in [5.41, 5.74) is 6.92. The normalized spacial score (nSPS) is 13.4. The van der Waals surface area contributed by atoms with Crippen LogP contribution in [-0.4, -0.2) is 20.7 Å². The predicted octanol–water partition coefficient (Wildman–Crippen LogP) is 3.69. The van der Waals surface area contributed by atoms with Gasteiger partial charge < -0.3 is 9.73 Å². The molecule has 0 atom stereocenters. The number of benzene rings is 1. The maximum Gasteiger partial charge on any atom is 0.228 e. The van der Waals surface area contributed by atoms with Crippen molar-refractivity contribution >= 4 is 33.6 Å². The molecule has 1 amide bonds. The fourth-order valence-corrected chi connectivity index (χ4v) is 4.04. The maximum atomic E-state index is 12.6. The Labute approximate surface area is 156 Å². The van der Waals surface area contributed by atoms with Crippen LogP contribution in [0.3, 0.4) is 0 Å². The lowest BCUT2D eigenvalue weighted by molar-refractivity contribution is -0.115. The number of carbonyl (C=O) groups excluding carboxylic acids is 1. The Kier molecular flexibility index (Phi) is 3.53. The second-order valence-corrected chi connectivity index (χ2v) is 7.26. The number of furan rings is 1. The van der Waals surface area contributed by atoms with Crippen LogP contribution in [0, 0.1) is 6.92 Å². The highest BCUT2D eigenvalue weighted by molar-refractivity contribution is 5.96. The van der Waals surface area contributed by atoms with Crippen molar-refractivity contribution in [2.45, 2.75) is 32.6 Å². The van der Waals surface area contributed by atoms with Gasteiger partial charge >= 0.3 is 0 Å². The molecule has 0 bridgehead atoms. The number of amides is 1. The third kappa shape index (κ3) is 2.68. The summed E-state index contributed by atoms with van der Waals surface area (Å²) in [7, 11) is 1.86. The van der Waals surface area contributed by atoms with Crippen LogP contribution >= 0.6 is 0 Å². The summed E-state index contributed by atoms with van der Waals surface area (Å²) >= 11 is 0. The van der Waals surface area contributed by atoms with Crippen LogP contribution in [0.25, 0.3) is 22.0 Å². The molecule has 0 saturated heterocycles. The fourth-order valence-electron chi connectivity index (χ4n) is 4.04. The van der Waals surface area contributed by atoms with E-state index in [1.807, 2.05) is 20.0 Å². The molecular weight excluding hydrogens is 340 g/mol. The van der Waals surface area contributed by atoms with E-state index in [-0.39, 0.29) is 12.3 Å². The largest absolute Gasteiger partial charge is 0.464 e. The number of hydrogen-bond donors (Lipinski definition) is 1. The molecular formula is C21H20N4O2. The Morgan fingerprint density at radius 3 is 2.89 bits per heavy atom. The molecule has 6 heteroatoms. The van der Waals surface area contributed by atoms with Crippen LogP contribution in [0.1, 0.15) is 28.8 Å². The van der Waals surface area contributed by atoms with Crippen LogP contribution in [0.2, 0.25) is 0 Å². The number of carbonyl (C=O) groups is 1. The third-order valence-corrected chi connectivity index (χ3v) is 5.37. The Bertz CT molecular complexity index is 1200. The third-order valence-electron chi connectivity index (χ3n) is 5.37. The molecule has 136 valence electrons. The van der Waals surface area contributed by atoms with Crippen molar-refractivity contribution in [2.75, 3.05) is 5.32 Å². The molecule has 3 heterocycles. The Morgan fingerprint density at radius 2 is 2.04 bits per heavy atom. The minimum atomic E-state index is -0.0825. The number of pyridine rings is 1. The van der Waals surface area contributed by atoms with Gasteiger partial charge in [0.25, 0.3) is 0 Å². The lowest BCUT2D eigenvalue weighted by Crippen LogP contribution is -2.14. The van der Waals surface area contributed by atoms with Crippen molar-refractivity contribution in [3.63, 3.8) is 0 Å². The van der Waals surface area contributed by atoms with Crippen LogP contribution < -0.4 is 5.32 Å². The molecule has 5 rings (SSSR count). The van der Waals surface area contributed by atoms with Gasteiger partial charge in [-0.05, 0) is 55.5 Å². The standard InChI is InChI=1S/C21H20N4O2/c1-12-17-9-16(10-22-21(17)25(2)24-12)23-20(26)8-15-11-27-19-7-14-5-3-4-13(14)6-18(15)19/h6-7,9-11H,3-5,8H2,1-2H3,(H,23,26). The molecule has 1 aromatic carbocycles. The zero-order valence-corrected chi connectivity index (χ0v) is 15.4. The van der Waals surface area contributed by atoms with Gasteiger partial charge in [0.15, 0.2) is 5.65 Å². The Morgan fingerprint density at radius 1 is 1.22 bits per heavy atom. The smallest absolute Gasteiger partial charge is 0.228 e. The molecule has 3 aromatic heterocycles. The molecule has 0 unspecified atom stereocenters. The lowest BCUT2D eigenvalue weighted by atomic mass is 10.0. The van der Waals surface area contributed by atoms with Gasteiger partial charge in [-0.1, -0.05) is 0 Å². The first-order valence-corrected chi connectivity index (χ1v) is 9.19. The zero-order chi connectivity index (χ0) is 18.5. The van der Waals surface area contributed by atoms with Crippen LogP contribution in [0.5, 0.6) is 0 Å². The van der Waals surface area contributed by atoms with E-state index in [0.717, 1.165) is 46.1 Å². The molecule has 0 aliphatic heterocycles. The van der Waals surface area contributed by atoms with Gasteiger partial charge in [-0.15, -0.1) is 0 Å². The number of fused-ring (bicyclic) bond motifs is 3. The summed E-state index contributed by atoms with van der Waals surface area (Å²) in [6.07, 6.45) is 7.06. The number of hydrogen-bond acceptors (Lipinski definition) is 4. The quantitative estimate of drug-likeness (QED) is 0.605. The van der Waals surface area contributed by atoms with Gasteiger partial charge in [0.2, 0.25) is 5.91 Å². The fraction of sp³-hybridized carbons (Fsp3) is 0.286. The molecule has 0 radical (unpaired) electrons. The second kappa shape index (κ2) is 5.94. The van der Waals surface area contributed by atoms with E-state index < -0.39 is 0 Å². The van der Waals surface area contributed by atoms with Crippen LogP contribution in [0.15, 0.2) is 35.1 Å². The maximum absolute atomic E-state index is 12.6. The summed E-state index contributed by atoms with van der Waals surface area (Å²) < 4.78 is 7.44. The predicted molar refractivity (Wildman–Crippen MR) is 104 cm³/mol. The minimum absolute atomic E-state index is 0.0825. The lowest BCUT2D eigenvalue weighted by Gasteiger charge is -2.05. The summed E-state index contributed by atoms with van der Waals surface area (Å²) in [5, 5.41) is 9.30. The minimum Gasteiger partial charge on any atom is -0.464 e. The summed E-state index contributed by atoms with van der Waals surface area (Å²) in [6, 6.07) is 6.24. The van der Waals surface area contributed by atoms with Crippen molar-refractivity contribution < 1.29 is 9.21 Å². The summed E-state index contributed by atoms with van der Waals surface area (Å²) in [5.74, 6) is -0.0825. The van der Waals surface area contributed by atoms with Crippen molar-refractivity contribution in [3.05, 3.63) is 53.0 Å². The molecule has 1 aliphatic carbocycles. The van der Waals surface area contributed by atoms with Gasteiger partial charge in [0.05, 0.1) is 30.3 Å². The number of nitrogens with one attached hydrogen (secondary N) is 1. The second-order valence-electron chi connectivity index (χ2n) is 7.26. The average molecular weight is 360 g/mol. The molecule has 0 saturated carbocycles. The van der Waals surface area contributed by atoms with E-state index in [4.69, 9.17) is 4.42 Å². The first kappa shape index (κ1) is 16.1. The molecule has 6 nitrogen and oxygen atoms in total. The highest BCUT2D eigenvalue weighted by atomic mass is 16.3. The molecule has 0 spiro atoms. The highest BCUT2D eigenvalue weighted by Gasteiger charge is 2.17. The summed E-state index contributed by atoms with van der Waals surface area (Å²) in [4.78, 5) is 17.0. The Balaban J connectivity index is 1.39. The summed E-state index contributed by atoms with van der Waals surface area (Å²) in [6.45, 7) is 1.94. The monoisotopic (exact) mass is 360 g/mol. The zero-order valence-electron chi connectivity index (χ0n) is 15.4. The molecule has 0 fully saturated rings. The highest BCUT2D eigenvalue weighted by Crippen LogP contribution is 2.30. The first-order chi connectivity index (χ1) is 13.1. The van der Waals surface area contributed by atoms with E-state index in [0.29, 0.717) is 5.69 Å². The topological polar surface area (TPSA) is 73.0 Å². The number of aryl methyl sites for hydroxylation is 4. The van der Waals surface area contributed by atoms with Gasteiger partial charge in [-0.3, -0.25) is 9.48 Å². The van der Waals surface area contributed by atoms with E-state index in [2.05, 4.69) is 27.5 Å². The van der Waals surface area contributed by atoms with Crippen molar-refractivity contribution in [1.29, 1.82) is 0 Å². The molecule has 1 N–H and O–H groups in total. The molecule has 1 aliphatic rings. The van der Waals surface area contributed by atoms with Crippen LogP contribution in [0.4, 0.5) is 5.69 Å². The van der Waals surface area contributed by atoms with E-state index >= 15 is 0 Å². The van der Waals surface area contributed by atoms with Gasteiger partial charge in [0, 0.05) is 23.4 Å².